The summed E-state index contributed by atoms with van der Waals surface area (Å²) in [5.41, 5.74) is -0.248. The van der Waals surface area contributed by atoms with E-state index in [0.29, 0.717) is 63.1 Å². The number of alkyl halides is 17. The predicted molar refractivity (Wildman–Crippen MR) is 488 cm³/mol. The van der Waals surface area contributed by atoms with Gasteiger partial charge in [0, 0.05) is 262 Å². The summed E-state index contributed by atoms with van der Waals surface area (Å²) in [5.74, 6) is -6.05. The molecule has 10 aromatic carbocycles. The fourth-order valence-corrected chi connectivity index (χ4v) is 15.4. The molecule has 5 aromatic heterocycles. The molecular formula is C93H75Cl5F17N20O10Y5-5. The second-order valence-electron chi connectivity index (χ2n) is 32.4. The van der Waals surface area contributed by atoms with Crippen molar-refractivity contribution in [1.29, 1.82) is 0 Å². The van der Waals surface area contributed by atoms with Gasteiger partial charge >= 0.3 is 59.3 Å². The zero-order chi connectivity index (χ0) is 106. The van der Waals surface area contributed by atoms with E-state index >= 15 is 0 Å². The fraction of sp³-hybridized carbons (Fsp3) is 0.301. The Kier molecular flexibility index (Phi) is 44.8. The van der Waals surface area contributed by atoms with Gasteiger partial charge in [-0.15, -0.1) is 88.3 Å². The Bertz CT molecular complexity index is 7430. The molecule has 150 heavy (non-hydrogen) atoms. The van der Waals surface area contributed by atoms with Crippen molar-refractivity contribution in [3.8, 4) is 57.2 Å². The Morgan fingerprint density at radius 3 is 0.880 bits per heavy atom. The molecule has 2 aliphatic carbocycles. The van der Waals surface area contributed by atoms with E-state index in [1.807, 2.05) is 39.0 Å². The number of tetrazole rings is 5. The molecule has 17 rings (SSSR count). The Hall–Kier alpha value is -8.67. The minimum absolute atomic E-state index is 0. The number of benzene rings is 10. The third-order valence-corrected chi connectivity index (χ3v) is 23.2. The number of nitrogens with zero attached hydrogens (tertiary/aromatic N) is 20. The van der Waals surface area contributed by atoms with Crippen molar-refractivity contribution in [3.05, 3.63) is 343 Å². The molecule has 0 saturated heterocycles. The monoisotopic (exact) mass is 2570 g/mol. The van der Waals surface area contributed by atoms with Crippen LogP contribution in [-0.4, -0.2) is 105 Å². The summed E-state index contributed by atoms with van der Waals surface area (Å²) in [5, 5.41) is 37.2. The van der Waals surface area contributed by atoms with E-state index in [0.717, 1.165) is 137 Å². The summed E-state index contributed by atoms with van der Waals surface area (Å²) < 4.78 is 265. The second-order valence-corrected chi connectivity index (χ2v) is 34.5. The molecule has 1 atom stereocenters. The zero-order valence-electron chi connectivity index (χ0n) is 79.5. The van der Waals surface area contributed by atoms with E-state index in [-0.39, 0.29) is 244 Å². The maximum absolute atomic E-state index is 13.8. The van der Waals surface area contributed by atoms with Gasteiger partial charge in [0.2, 0.25) is 0 Å². The quantitative estimate of drug-likeness (QED) is 0.0379. The summed E-state index contributed by atoms with van der Waals surface area (Å²) >= 11 is 29.0. The first-order chi connectivity index (χ1) is 68.2. The number of rotatable bonds is 25. The van der Waals surface area contributed by atoms with Crippen molar-refractivity contribution in [2.45, 2.75) is 147 Å². The van der Waals surface area contributed by atoms with Gasteiger partial charge < -0.3 is 23.7 Å². The van der Waals surface area contributed by atoms with Crippen molar-refractivity contribution in [2.75, 3.05) is 0 Å². The fourth-order valence-electron chi connectivity index (χ4n) is 14.6. The Balaban J connectivity index is 0.000000226. The number of aryl methyl sites for hydroxylation is 7. The van der Waals surface area contributed by atoms with Gasteiger partial charge in [0.1, 0.15) is 33.0 Å². The van der Waals surface area contributed by atoms with Crippen LogP contribution in [0.4, 0.5) is 74.6 Å². The minimum Gasteiger partial charge on any atom is -0.514 e. The standard InChI is InChI=1S/C19H13ClF5N4O2.C19H15ClF3N4O2.2C19H17ClF3N4O2.C17H13ClF3N4O2.5Y/c1-28-17(30)29(27-26-28)15-4-2-3-11(14-8-18(14,21)22)12(15)9-31-16-7-10(20)5-6-13(16)19(23,24)25;1-26-18(28)27(25-24-26)16-4-2-3-13(11-5-6-11)14(16)10-29-17-9-12(20)7-8-15(17)19(21,22)23;1-11(2)13-5-4-6-16(27-18(28)26(3)24-25-27)14(13)10-29-17-9-12(20)7-8-15(17)19(21,22)23;1-3-5-12-6-4-7-16(27-18(28)26(2)24-25-27)14(12)11-29-17-10-13(20)8-9-15(17)19(21,22)23;1-10-4-3-5-14(25-16(26)24(2)22-23-25)12(10)9-27-15-8-11(18)6-7-13(15)17(19,20)21;;;;;/h2-4,6-7,14H,8-9H2,1H3;2-4,8-9,11H,5-6,10H2,1H3;4-6,8-9,11H,10H2,1-3H3;4,6-7,9-10H,3,5,11H2,1-2H3;3-5,7-8H,9H2,1-2H3;;;;;/q5*-1;;;;;. The summed E-state index contributed by atoms with van der Waals surface area (Å²) in [6.07, 6.45) is -20.3. The van der Waals surface area contributed by atoms with E-state index in [9.17, 15) is 98.6 Å². The molecule has 2 fully saturated rings. The van der Waals surface area contributed by atoms with E-state index < -0.39 is 141 Å². The average Bonchev–Trinajstić information content (AvgIpc) is 1.59. The topological polar surface area (TPSA) is 310 Å². The van der Waals surface area contributed by atoms with Crippen LogP contribution in [0.3, 0.4) is 0 Å². The van der Waals surface area contributed by atoms with E-state index in [4.69, 9.17) is 81.7 Å². The van der Waals surface area contributed by atoms with Crippen molar-refractivity contribution >= 4 is 58.0 Å². The van der Waals surface area contributed by atoms with Crippen LogP contribution in [-0.2, 0) is 269 Å². The molecule has 0 aliphatic heterocycles. The first-order valence-electron chi connectivity index (χ1n) is 42.7. The van der Waals surface area contributed by atoms with Gasteiger partial charge in [0.15, 0.2) is 0 Å². The molecule has 57 heteroatoms. The van der Waals surface area contributed by atoms with Gasteiger partial charge in [0.25, 0.3) is 5.92 Å². The Morgan fingerprint density at radius 2 is 0.607 bits per heavy atom. The number of hydrogen-bond acceptors (Lipinski definition) is 20. The normalized spacial score (nSPS) is 13.0. The van der Waals surface area contributed by atoms with Gasteiger partial charge in [-0.25, -0.2) is 32.8 Å². The van der Waals surface area contributed by atoms with Crippen LogP contribution < -0.4 is 52.1 Å². The third-order valence-electron chi connectivity index (χ3n) is 22.1. The molecular weight excluding hydrogens is 2500 g/mol. The summed E-state index contributed by atoms with van der Waals surface area (Å²) in [4.78, 5) is 61.3. The van der Waals surface area contributed by atoms with Gasteiger partial charge in [-0.1, -0.05) is 113 Å². The maximum atomic E-state index is 13.8. The van der Waals surface area contributed by atoms with Crippen LogP contribution in [0.5, 0.6) is 28.7 Å². The van der Waals surface area contributed by atoms with Gasteiger partial charge in [-0.2, -0.15) is 173 Å². The molecule has 0 amide bonds. The molecule has 5 heterocycles. The van der Waals surface area contributed by atoms with E-state index in [1.54, 1.807) is 61.5 Å². The van der Waals surface area contributed by atoms with Crippen molar-refractivity contribution < 1.29 is 262 Å². The largest absolute Gasteiger partial charge is 0.514 e. The van der Waals surface area contributed by atoms with Crippen LogP contribution >= 0.6 is 58.0 Å². The van der Waals surface area contributed by atoms with Crippen LogP contribution in [0.15, 0.2) is 176 Å². The van der Waals surface area contributed by atoms with Crippen molar-refractivity contribution in [2.24, 2.45) is 35.2 Å². The zero-order valence-corrected chi connectivity index (χ0v) is 97.4. The molecule has 2 saturated carbocycles. The van der Waals surface area contributed by atoms with E-state index in [2.05, 4.69) is 82.5 Å². The smallest absolute Gasteiger partial charge is 0.373 e. The third kappa shape index (κ3) is 31.0. The number of ether oxygens (including phenoxy) is 5. The molecule has 0 spiro atoms. The number of hydrogen-bond donors (Lipinski definition) is 0. The predicted octanol–water partition coefficient (Wildman–Crippen LogP) is 19.5. The summed E-state index contributed by atoms with van der Waals surface area (Å²) in [6, 6.07) is 45.5. The SMILES string of the molecule is CC(C)c1cccc(-n2nnn(C)c2=O)c1COc1cc(Cl)[c-]cc1C(F)(F)F.CCCc1cccc(-n2nnn(C)c2=O)c1COc1cc(Cl)[c-]cc1C(F)(F)F.Cc1cccc(-n2nnn(C)c2=O)c1COc1cc(Cl)[c-]cc1C(F)(F)F.Cn1nnn(-c2cccc(C3CC3(F)F)c2COc2cc(Cl)[c-]cc2C(F)(F)F)c1=O.Cn1nnn(-c2cccc(C3CC3)c2COc2cc(Cl)[c-]cc2C(F)(F)F)c1=O.[Y].[Y].[Y].[Y].[Y]. The number of halogens is 22. The molecule has 1 unspecified atom stereocenters. The minimum atomic E-state index is -4.75. The van der Waals surface area contributed by atoms with Gasteiger partial charge in [0.05, 0.1) is 34.4 Å². The first kappa shape index (κ1) is 126. The Morgan fingerprint density at radius 1 is 0.360 bits per heavy atom. The van der Waals surface area contributed by atoms with E-state index in [1.165, 1.54) is 53.4 Å². The molecule has 781 valence electrons. The maximum Gasteiger partial charge on any atom is 0.373 e. The molecule has 15 aromatic rings. The van der Waals surface area contributed by atoms with Gasteiger partial charge in [-0.05, 0) is 176 Å². The van der Waals surface area contributed by atoms with Crippen molar-refractivity contribution in [1.82, 2.24) is 99.0 Å². The number of aromatic nitrogens is 20. The first-order valence-corrected chi connectivity index (χ1v) is 44.6. The van der Waals surface area contributed by atoms with Crippen LogP contribution in [0, 0.1) is 37.3 Å². The summed E-state index contributed by atoms with van der Waals surface area (Å²) in [7, 11) is 7.15. The van der Waals surface area contributed by atoms with Crippen LogP contribution in [0.2, 0.25) is 25.1 Å². The molecule has 0 bridgehead atoms. The molecule has 5 radical (unpaired) electrons. The van der Waals surface area contributed by atoms with Gasteiger partial charge in [-0.3, -0.25) is 0 Å². The second kappa shape index (κ2) is 53.2. The average molecular weight is 2580 g/mol. The molecule has 0 N–H and O–H groups in total. The summed E-state index contributed by atoms with van der Waals surface area (Å²) in [6.45, 7) is 6.19. The Labute approximate surface area is 990 Å². The van der Waals surface area contributed by atoms with Crippen LogP contribution in [0.1, 0.15) is 148 Å². The van der Waals surface area contributed by atoms with Crippen LogP contribution in [0.25, 0.3) is 28.4 Å². The molecule has 30 nitrogen and oxygen atoms in total. The molecule has 2 aliphatic rings. The van der Waals surface area contributed by atoms with Crippen molar-refractivity contribution in [3.63, 3.8) is 0 Å².